The molecule has 1 saturated heterocycles. The van der Waals surface area contributed by atoms with Crippen LogP contribution in [0.25, 0.3) is 5.76 Å². The molecule has 1 heterocycles. The number of carbonyl (C=O) groups is 2. The largest absolute Gasteiger partial charge is 0.507 e. The van der Waals surface area contributed by atoms with E-state index in [1.54, 1.807) is 0 Å². The number of nitrogens with two attached hydrogens (primary N) is 2. The average molecular weight is 529 g/mol. The maximum atomic E-state index is 14.9. The SMILES string of the molecule is NC(N)=NS(=O)(=O)c1ccc(N2C(=O)C(=O)C(=C(O)c3ccc(Cl)cc3)C2c2ccccc2F)cc1. The number of hydrogen-bond acceptors (Lipinski definition) is 5. The fourth-order valence-corrected chi connectivity index (χ4v) is 4.81. The van der Waals surface area contributed by atoms with Gasteiger partial charge in [-0.15, -0.1) is 4.40 Å². The van der Waals surface area contributed by atoms with Crippen molar-refractivity contribution in [2.45, 2.75) is 10.9 Å². The first kappa shape index (κ1) is 24.9. The molecule has 1 unspecified atom stereocenters. The quantitative estimate of drug-likeness (QED) is 0.151. The van der Waals surface area contributed by atoms with Crippen LogP contribution in [-0.4, -0.2) is 31.2 Å². The van der Waals surface area contributed by atoms with E-state index in [0.29, 0.717) is 5.02 Å². The van der Waals surface area contributed by atoms with E-state index in [9.17, 15) is 27.5 Å². The number of halogens is 2. The molecule has 1 amide bonds. The summed E-state index contributed by atoms with van der Waals surface area (Å²) >= 11 is 5.91. The van der Waals surface area contributed by atoms with Crippen LogP contribution < -0.4 is 16.4 Å². The van der Waals surface area contributed by atoms with Crippen LogP contribution in [0.1, 0.15) is 17.2 Å². The predicted octanol–water partition coefficient (Wildman–Crippen LogP) is 3.07. The molecule has 0 aliphatic carbocycles. The van der Waals surface area contributed by atoms with Crippen molar-refractivity contribution in [3.63, 3.8) is 0 Å². The molecule has 3 aromatic rings. The zero-order valence-corrected chi connectivity index (χ0v) is 19.9. The summed E-state index contributed by atoms with van der Waals surface area (Å²) in [5.41, 5.74) is 10.2. The van der Waals surface area contributed by atoms with Gasteiger partial charge in [-0.25, -0.2) is 4.39 Å². The first-order valence-electron chi connectivity index (χ1n) is 10.3. The smallest absolute Gasteiger partial charge is 0.300 e. The molecule has 12 heteroatoms. The minimum atomic E-state index is -4.21. The highest BCUT2D eigenvalue weighted by Gasteiger charge is 2.47. The molecule has 36 heavy (non-hydrogen) atoms. The Morgan fingerprint density at radius 1 is 0.972 bits per heavy atom. The van der Waals surface area contributed by atoms with Crippen LogP contribution in [0, 0.1) is 5.82 Å². The minimum Gasteiger partial charge on any atom is -0.507 e. The molecule has 1 fully saturated rings. The summed E-state index contributed by atoms with van der Waals surface area (Å²) in [4.78, 5) is 27.0. The Balaban J connectivity index is 1.90. The van der Waals surface area contributed by atoms with E-state index in [1.807, 2.05) is 0 Å². The number of hydrogen-bond donors (Lipinski definition) is 3. The molecule has 3 aromatic carbocycles. The van der Waals surface area contributed by atoms with Gasteiger partial charge >= 0.3 is 0 Å². The monoisotopic (exact) mass is 528 g/mol. The summed E-state index contributed by atoms with van der Waals surface area (Å²) in [5, 5.41) is 11.4. The molecule has 5 N–H and O–H groups in total. The van der Waals surface area contributed by atoms with Gasteiger partial charge in [0.25, 0.3) is 21.7 Å². The lowest BCUT2D eigenvalue weighted by atomic mass is 9.94. The average Bonchev–Trinajstić information content (AvgIpc) is 3.09. The van der Waals surface area contributed by atoms with E-state index in [4.69, 9.17) is 23.1 Å². The van der Waals surface area contributed by atoms with Gasteiger partial charge in [0.15, 0.2) is 0 Å². The van der Waals surface area contributed by atoms with E-state index >= 15 is 0 Å². The number of nitrogens with zero attached hydrogens (tertiary/aromatic N) is 2. The second kappa shape index (κ2) is 9.44. The fraction of sp³-hybridized carbons (Fsp3) is 0.0417. The van der Waals surface area contributed by atoms with E-state index in [2.05, 4.69) is 4.40 Å². The normalized spacial score (nSPS) is 17.3. The molecule has 4 rings (SSSR count). The number of benzene rings is 3. The van der Waals surface area contributed by atoms with Crippen LogP contribution in [-0.2, 0) is 19.6 Å². The molecule has 184 valence electrons. The molecule has 0 aromatic heterocycles. The number of ketones is 1. The third kappa shape index (κ3) is 4.53. The zero-order chi connectivity index (χ0) is 26.2. The van der Waals surface area contributed by atoms with Crippen LogP contribution in [0.2, 0.25) is 5.02 Å². The van der Waals surface area contributed by atoms with Crippen LogP contribution in [0.4, 0.5) is 10.1 Å². The van der Waals surface area contributed by atoms with Gasteiger partial charge in [0.05, 0.1) is 16.5 Å². The summed E-state index contributed by atoms with van der Waals surface area (Å²) in [6.07, 6.45) is 0. The van der Waals surface area contributed by atoms with Crippen LogP contribution in [0.15, 0.2) is 87.7 Å². The van der Waals surface area contributed by atoms with E-state index in [0.717, 1.165) is 23.1 Å². The van der Waals surface area contributed by atoms with Crippen molar-refractivity contribution >= 4 is 50.7 Å². The molecule has 1 aliphatic rings. The van der Waals surface area contributed by atoms with Crippen molar-refractivity contribution in [3.8, 4) is 0 Å². The highest BCUT2D eigenvalue weighted by Crippen LogP contribution is 2.43. The summed E-state index contributed by atoms with van der Waals surface area (Å²) < 4.78 is 42.6. The Morgan fingerprint density at radius 2 is 1.58 bits per heavy atom. The summed E-state index contributed by atoms with van der Waals surface area (Å²) in [6, 6.07) is 14.8. The van der Waals surface area contributed by atoms with Crippen LogP contribution in [0.3, 0.4) is 0 Å². The number of rotatable bonds is 5. The Hall–Kier alpha value is -4.22. The number of guanidine groups is 1. The number of carbonyl (C=O) groups excluding carboxylic acids is 2. The van der Waals surface area contributed by atoms with Gasteiger partial charge in [0, 0.05) is 21.8 Å². The van der Waals surface area contributed by atoms with E-state index in [1.165, 1.54) is 54.6 Å². The topological polar surface area (TPSA) is 156 Å². The Kier molecular flexibility index (Phi) is 6.53. The Labute approximate surface area is 210 Å². The van der Waals surface area contributed by atoms with E-state index in [-0.39, 0.29) is 27.3 Å². The van der Waals surface area contributed by atoms with Crippen molar-refractivity contribution in [2.24, 2.45) is 15.9 Å². The zero-order valence-electron chi connectivity index (χ0n) is 18.3. The first-order valence-corrected chi connectivity index (χ1v) is 12.1. The van der Waals surface area contributed by atoms with Gasteiger partial charge in [-0.2, -0.15) is 8.42 Å². The van der Waals surface area contributed by atoms with Gasteiger partial charge < -0.3 is 16.6 Å². The molecule has 1 aliphatic heterocycles. The minimum absolute atomic E-state index is 0.0515. The van der Waals surface area contributed by atoms with Gasteiger partial charge in [0.2, 0.25) is 5.96 Å². The number of amides is 1. The van der Waals surface area contributed by atoms with Gasteiger partial charge in [0.1, 0.15) is 11.6 Å². The van der Waals surface area contributed by atoms with Crippen LogP contribution in [0.5, 0.6) is 0 Å². The number of Topliss-reactive ketones (excluding diaryl/α,β-unsaturated/α-hetero) is 1. The molecule has 1 atom stereocenters. The number of aliphatic hydroxyl groups is 1. The Bertz CT molecular complexity index is 1530. The first-order chi connectivity index (χ1) is 17.0. The lowest BCUT2D eigenvalue weighted by Crippen LogP contribution is -2.30. The third-order valence-electron chi connectivity index (χ3n) is 5.40. The standard InChI is InChI=1S/C24H18ClFN4O5S/c25-14-7-5-13(6-8-14)21(31)19-20(17-3-1-2-4-18(17)26)30(23(33)22(19)32)15-9-11-16(12-10-15)36(34,35)29-24(27)28/h1-12,20,31H,(H4,27,28,29). The molecule has 0 radical (unpaired) electrons. The van der Waals surface area contributed by atoms with Crippen molar-refractivity contribution in [2.75, 3.05) is 4.90 Å². The summed E-state index contributed by atoms with van der Waals surface area (Å²) in [7, 11) is -4.21. The molecule has 0 saturated carbocycles. The molecule has 0 spiro atoms. The third-order valence-corrected chi connectivity index (χ3v) is 6.97. The van der Waals surface area contributed by atoms with Gasteiger partial charge in [-0.1, -0.05) is 29.8 Å². The van der Waals surface area contributed by atoms with E-state index < -0.39 is 45.3 Å². The number of sulfonamides is 1. The highest BCUT2D eigenvalue weighted by atomic mass is 35.5. The maximum Gasteiger partial charge on any atom is 0.300 e. The second-order valence-corrected chi connectivity index (χ2v) is 9.72. The highest BCUT2D eigenvalue weighted by molar-refractivity contribution is 7.90. The van der Waals surface area contributed by atoms with Crippen molar-refractivity contribution in [1.29, 1.82) is 0 Å². The van der Waals surface area contributed by atoms with Gasteiger partial charge in [-0.3, -0.25) is 14.5 Å². The maximum absolute atomic E-state index is 14.9. The lowest BCUT2D eigenvalue weighted by Gasteiger charge is -2.25. The predicted molar refractivity (Wildman–Crippen MR) is 132 cm³/mol. The molecular formula is C24H18ClFN4O5S. The van der Waals surface area contributed by atoms with Gasteiger partial charge in [-0.05, 0) is 54.6 Å². The van der Waals surface area contributed by atoms with Crippen molar-refractivity contribution in [1.82, 2.24) is 0 Å². The summed E-state index contributed by atoms with van der Waals surface area (Å²) in [6.45, 7) is 0. The van der Waals surface area contributed by atoms with Crippen LogP contribution >= 0.6 is 11.6 Å². The molecular weight excluding hydrogens is 511 g/mol. The second-order valence-electron chi connectivity index (χ2n) is 7.68. The fourth-order valence-electron chi connectivity index (χ4n) is 3.82. The summed E-state index contributed by atoms with van der Waals surface area (Å²) in [5.74, 6) is -3.99. The van der Waals surface area contributed by atoms with Crippen molar-refractivity contribution < 1.29 is 27.5 Å². The van der Waals surface area contributed by atoms with Crippen molar-refractivity contribution in [3.05, 3.63) is 100 Å². The molecule has 0 bridgehead atoms. The lowest BCUT2D eigenvalue weighted by molar-refractivity contribution is -0.132. The molecule has 9 nitrogen and oxygen atoms in total. The number of aliphatic hydroxyl groups excluding tert-OH is 1. The Morgan fingerprint density at radius 3 is 2.17 bits per heavy atom. The number of anilines is 1.